The lowest BCUT2D eigenvalue weighted by Gasteiger charge is -2.36. The largest absolute Gasteiger partial charge is 0.454 e. The van der Waals surface area contributed by atoms with Gasteiger partial charge in [-0.1, -0.05) is 37.3 Å². The summed E-state index contributed by atoms with van der Waals surface area (Å²) >= 11 is 0. The van der Waals surface area contributed by atoms with Crippen molar-refractivity contribution in [1.82, 2.24) is 4.90 Å². The fourth-order valence-electron chi connectivity index (χ4n) is 4.99. The molecule has 2 heterocycles. The Labute approximate surface area is 206 Å². The first-order valence-electron chi connectivity index (χ1n) is 12.3. The number of esters is 1. The molecule has 2 aliphatic heterocycles. The molecule has 0 aromatic heterocycles. The molecule has 3 aromatic rings. The maximum atomic E-state index is 13.1. The fraction of sp³-hybridized carbons (Fsp3) is 0.310. The first kappa shape index (κ1) is 23.1. The molecule has 6 heteroatoms. The summed E-state index contributed by atoms with van der Waals surface area (Å²) in [7, 11) is 0. The van der Waals surface area contributed by atoms with Crippen molar-refractivity contribution >= 4 is 23.3 Å². The second-order valence-electron chi connectivity index (χ2n) is 9.26. The summed E-state index contributed by atoms with van der Waals surface area (Å²) in [4.78, 5) is 30.5. The third kappa shape index (κ3) is 4.93. The number of likely N-dealkylation sites (N-methyl/N-ethyl adjacent to an activating group) is 1. The number of rotatable bonds is 5. The second kappa shape index (κ2) is 9.92. The third-order valence-electron chi connectivity index (χ3n) is 7.03. The molecule has 1 amide bonds. The zero-order valence-electron chi connectivity index (χ0n) is 20.3. The SMILES string of the molecule is CCN1CCN(c2ccc(NC(=O)c3ccc4c(c3)C[C@@H](c3ccccc3)OC4=O)cc2C)CC1. The second-order valence-corrected chi connectivity index (χ2v) is 9.26. The quantitative estimate of drug-likeness (QED) is 0.542. The number of benzene rings is 3. The van der Waals surface area contributed by atoms with Crippen LogP contribution < -0.4 is 10.2 Å². The van der Waals surface area contributed by atoms with Crippen molar-refractivity contribution in [3.63, 3.8) is 0 Å². The van der Waals surface area contributed by atoms with Crippen molar-refractivity contribution in [2.24, 2.45) is 0 Å². The summed E-state index contributed by atoms with van der Waals surface area (Å²) in [5, 5.41) is 3.02. The molecule has 35 heavy (non-hydrogen) atoms. The van der Waals surface area contributed by atoms with E-state index in [1.807, 2.05) is 48.5 Å². The van der Waals surface area contributed by atoms with Crippen molar-refractivity contribution in [2.45, 2.75) is 26.4 Å². The Hall–Kier alpha value is -3.64. The fourth-order valence-corrected chi connectivity index (χ4v) is 4.99. The normalized spacial score (nSPS) is 18.1. The number of nitrogens with one attached hydrogen (secondary N) is 1. The number of hydrogen-bond donors (Lipinski definition) is 1. The van der Waals surface area contributed by atoms with E-state index in [1.54, 1.807) is 12.1 Å². The molecule has 0 spiro atoms. The van der Waals surface area contributed by atoms with Crippen molar-refractivity contribution < 1.29 is 14.3 Å². The lowest BCUT2D eigenvalue weighted by atomic mass is 9.93. The first-order chi connectivity index (χ1) is 17.0. The van der Waals surface area contributed by atoms with Crippen LogP contribution in [0.2, 0.25) is 0 Å². The molecule has 1 saturated heterocycles. The Balaban J connectivity index is 1.29. The molecule has 5 rings (SSSR count). The maximum absolute atomic E-state index is 13.1. The van der Waals surface area contributed by atoms with E-state index in [1.165, 1.54) is 5.69 Å². The van der Waals surface area contributed by atoms with Crippen LogP contribution in [0.3, 0.4) is 0 Å². The number of carbonyl (C=O) groups is 2. The predicted molar refractivity (Wildman–Crippen MR) is 138 cm³/mol. The molecule has 0 radical (unpaired) electrons. The van der Waals surface area contributed by atoms with Gasteiger partial charge in [0.1, 0.15) is 6.10 Å². The molecule has 1 fully saturated rings. The average molecular weight is 470 g/mol. The lowest BCUT2D eigenvalue weighted by Crippen LogP contribution is -2.46. The zero-order valence-corrected chi connectivity index (χ0v) is 20.3. The van der Waals surface area contributed by atoms with Gasteiger partial charge < -0.3 is 19.9 Å². The highest BCUT2D eigenvalue weighted by atomic mass is 16.5. The van der Waals surface area contributed by atoms with Crippen LogP contribution in [0.4, 0.5) is 11.4 Å². The Morgan fingerprint density at radius 2 is 1.77 bits per heavy atom. The summed E-state index contributed by atoms with van der Waals surface area (Å²) in [5.41, 5.74) is 5.97. The highest BCUT2D eigenvalue weighted by Crippen LogP contribution is 2.31. The van der Waals surface area contributed by atoms with Gasteiger partial charge >= 0.3 is 5.97 Å². The molecule has 6 nitrogen and oxygen atoms in total. The van der Waals surface area contributed by atoms with Gasteiger partial charge in [0.15, 0.2) is 0 Å². The van der Waals surface area contributed by atoms with Gasteiger partial charge in [-0.15, -0.1) is 0 Å². The average Bonchev–Trinajstić information content (AvgIpc) is 2.89. The van der Waals surface area contributed by atoms with Crippen LogP contribution in [-0.4, -0.2) is 49.5 Å². The van der Waals surface area contributed by atoms with E-state index in [0.717, 1.165) is 55.1 Å². The van der Waals surface area contributed by atoms with Crippen LogP contribution in [0.1, 0.15) is 50.4 Å². The molecule has 1 atom stereocenters. The van der Waals surface area contributed by atoms with Crippen LogP contribution in [0.5, 0.6) is 0 Å². The zero-order chi connectivity index (χ0) is 24.4. The van der Waals surface area contributed by atoms with Crippen molar-refractivity contribution in [3.8, 4) is 0 Å². The molecule has 1 N–H and O–H groups in total. The molecule has 2 aliphatic rings. The maximum Gasteiger partial charge on any atom is 0.339 e. The van der Waals surface area contributed by atoms with Crippen LogP contribution >= 0.6 is 0 Å². The number of amides is 1. The van der Waals surface area contributed by atoms with Gasteiger partial charge in [-0.05, 0) is 66.6 Å². The molecule has 180 valence electrons. The minimum Gasteiger partial charge on any atom is -0.454 e. The van der Waals surface area contributed by atoms with E-state index in [-0.39, 0.29) is 18.0 Å². The highest BCUT2D eigenvalue weighted by molar-refractivity contribution is 6.05. The van der Waals surface area contributed by atoms with Crippen LogP contribution in [0.25, 0.3) is 0 Å². The number of hydrogen-bond acceptors (Lipinski definition) is 5. The summed E-state index contributed by atoms with van der Waals surface area (Å²) in [6, 6.07) is 21.0. The van der Waals surface area contributed by atoms with Gasteiger partial charge in [-0.3, -0.25) is 4.79 Å². The number of carbonyl (C=O) groups excluding carboxylic acids is 2. The number of piperazine rings is 1. The number of anilines is 2. The van der Waals surface area contributed by atoms with Crippen LogP contribution in [-0.2, 0) is 11.2 Å². The lowest BCUT2D eigenvalue weighted by molar-refractivity contribution is 0.0252. The summed E-state index contributed by atoms with van der Waals surface area (Å²) in [6.07, 6.45) is 0.203. The van der Waals surface area contributed by atoms with E-state index in [2.05, 4.69) is 35.0 Å². The Bertz CT molecular complexity index is 1230. The molecule has 0 saturated carbocycles. The molecule has 3 aromatic carbocycles. The van der Waals surface area contributed by atoms with Crippen molar-refractivity contribution in [3.05, 3.63) is 94.5 Å². The Morgan fingerprint density at radius 1 is 1.00 bits per heavy atom. The van der Waals surface area contributed by atoms with Crippen LogP contribution in [0.15, 0.2) is 66.7 Å². The van der Waals surface area contributed by atoms with E-state index < -0.39 is 0 Å². The minimum atomic E-state index is -0.349. The standard InChI is InChI=1S/C29H31N3O3/c1-3-31-13-15-32(16-14-31)26-12-10-24(17-20(26)2)30-28(33)22-9-11-25-23(18-22)19-27(35-29(25)34)21-7-5-4-6-8-21/h4-12,17-18,27H,3,13-16,19H2,1-2H3,(H,30,33)/t27-/m0/s1. The van der Waals surface area contributed by atoms with Crippen molar-refractivity contribution in [1.29, 1.82) is 0 Å². The van der Waals surface area contributed by atoms with Gasteiger partial charge in [0.05, 0.1) is 5.56 Å². The van der Waals surface area contributed by atoms with Gasteiger partial charge in [-0.2, -0.15) is 0 Å². The molecule has 0 bridgehead atoms. The topological polar surface area (TPSA) is 61.9 Å². The predicted octanol–water partition coefficient (Wildman–Crippen LogP) is 4.84. The van der Waals surface area contributed by atoms with Gasteiger partial charge in [0.25, 0.3) is 5.91 Å². The highest BCUT2D eigenvalue weighted by Gasteiger charge is 2.28. The number of fused-ring (bicyclic) bond motifs is 1. The number of cyclic esters (lactones) is 1. The number of ether oxygens (including phenoxy) is 1. The Morgan fingerprint density at radius 3 is 2.49 bits per heavy atom. The number of nitrogens with zero attached hydrogens (tertiary/aromatic N) is 2. The first-order valence-corrected chi connectivity index (χ1v) is 12.3. The van der Waals surface area contributed by atoms with E-state index in [0.29, 0.717) is 17.5 Å². The smallest absolute Gasteiger partial charge is 0.339 e. The van der Waals surface area contributed by atoms with E-state index in [9.17, 15) is 9.59 Å². The molecule has 0 aliphatic carbocycles. The van der Waals surface area contributed by atoms with E-state index >= 15 is 0 Å². The minimum absolute atomic E-state index is 0.188. The Kier molecular flexibility index (Phi) is 6.55. The van der Waals surface area contributed by atoms with Crippen LogP contribution in [0, 0.1) is 6.92 Å². The molecule has 0 unspecified atom stereocenters. The van der Waals surface area contributed by atoms with Gasteiger partial charge in [-0.25, -0.2) is 4.79 Å². The van der Waals surface area contributed by atoms with Gasteiger partial charge in [0, 0.05) is 49.5 Å². The summed E-state index contributed by atoms with van der Waals surface area (Å²) in [5.74, 6) is -0.537. The summed E-state index contributed by atoms with van der Waals surface area (Å²) < 4.78 is 5.64. The number of aryl methyl sites for hydroxylation is 1. The van der Waals surface area contributed by atoms with E-state index in [4.69, 9.17) is 4.74 Å². The summed E-state index contributed by atoms with van der Waals surface area (Å²) in [6.45, 7) is 9.56. The monoisotopic (exact) mass is 469 g/mol. The van der Waals surface area contributed by atoms with Crippen molar-refractivity contribution in [2.75, 3.05) is 42.9 Å². The molecular weight excluding hydrogens is 438 g/mol. The molecular formula is C29H31N3O3. The van der Waals surface area contributed by atoms with Gasteiger partial charge in [0.2, 0.25) is 0 Å². The third-order valence-corrected chi connectivity index (χ3v) is 7.03.